The Balaban J connectivity index is 2.55. The summed E-state index contributed by atoms with van der Waals surface area (Å²) >= 11 is 6.17. The predicted octanol–water partition coefficient (Wildman–Crippen LogP) is 2.99. The molecule has 2 aromatic rings. The summed E-state index contributed by atoms with van der Waals surface area (Å²) < 4.78 is 5.08. The minimum Gasteiger partial charge on any atom is -0.497 e. The molecule has 0 fully saturated rings. The van der Waals surface area contributed by atoms with Crippen LogP contribution >= 0.6 is 11.6 Å². The number of rotatable bonds is 2. The highest BCUT2D eigenvalue weighted by molar-refractivity contribution is 6.33. The van der Waals surface area contributed by atoms with E-state index in [0.29, 0.717) is 28.0 Å². The highest BCUT2D eigenvalue weighted by Crippen LogP contribution is 2.30. The van der Waals surface area contributed by atoms with Gasteiger partial charge in [0.1, 0.15) is 23.3 Å². The fourth-order valence-electron chi connectivity index (χ4n) is 1.59. The van der Waals surface area contributed by atoms with Crippen molar-refractivity contribution in [3.63, 3.8) is 0 Å². The summed E-state index contributed by atoms with van der Waals surface area (Å²) in [6, 6.07) is 8.93. The lowest BCUT2D eigenvalue weighted by atomic mass is 10.1. The number of nitrogens with zero attached hydrogens (tertiary/aromatic N) is 3. The van der Waals surface area contributed by atoms with Crippen LogP contribution in [-0.2, 0) is 0 Å². The van der Waals surface area contributed by atoms with E-state index in [1.807, 2.05) is 12.1 Å². The highest BCUT2D eigenvalue weighted by atomic mass is 35.5. The molecule has 1 aromatic heterocycles. The molecule has 1 aromatic carbocycles. The zero-order valence-corrected chi connectivity index (χ0v) is 10.7. The molecule has 1 heterocycles. The SMILES string of the molecule is COc1ccc(-c2cc(C#N)nc(C)n2)c(Cl)c1. The summed E-state index contributed by atoms with van der Waals surface area (Å²) in [6.45, 7) is 1.74. The fourth-order valence-corrected chi connectivity index (χ4v) is 1.86. The second-order valence-corrected chi connectivity index (χ2v) is 4.05. The van der Waals surface area contributed by atoms with Gasteiger partial charge in [-0.15, -0.1) is 0 Å². The second-order valence-electron chi connectivity index (χ2n) is 3.64. The molecule has 0 aliphatic heterocycles. The van der Waals surface area contributed by atoms with Gasteiger partial charge in [-0.3, -0.25) is 0 Å². The van der Waals surface area contributed by atoms with Crippen molar-refractivity contribution in [1.29, 1.82) is 5.26 Å². The summed E-state index contributed by atoms with van der Waals surface area (Å²) in [5, 5.41) is 9.42. The number of aryl methyl sites for hydroxylation is 1. The molecule has 0 amide bonds. The van der Waals surface area contributed by atoms with E-state index in [9.17, 15) is 0 Å². The number of ether oxygens (including phenoxy) is 1. The first-order valence-corrected chi connectivity index (χ1v) is 5.61. The topological polar surface area (TPSA) is 58.8 Å². The number of methoxy groups -OCH3 is 1. The van der Waals surface area contributed by atoms with Gasteiger partial charge in [0.05, 0.1) is 17.8 Å². The van der Waals surface area contributed by atoms with Crippen LogP contribution in [0.5, 0.6) is 5.75 Å². The third-order valence-electron chi connectivity index (χ3n) is 2.40. The number of hydrogen-bond acceptors (Lipinski definition) is 4. The van der Waals surface area contributed by atoms with Crippen molar-refractivity contribution < 1.29 is 4.74 Å². The van der Waals surface area contributed by atoms with Gasteiger partial charge < -0.3 is 4.74 Å². The molecule has 0 atom stereocenters. The molecule has 5 heteroatoms. The molecule has 90 valence electrons. The smallest absolute Gasteiger partial charge is 0.144 e. The van der Waals surface area contributed by atoms with Crippen molar-refractivity contribution in [2.24, 2.45) is 0 Å². The first-order chi connectivity index (χ1) is 8.63. The zero-order chi connectivity index (χ0) is 13.1. The molecule has 0 saturated carbocycles. The maximum atomic E-state index is 8.89. The number of halogens is 1. The third kappa shape index (κ3) is 2.41. The van der Waals surface area contributed by atoms with Gasteiger partial charge in [-0.05, 0) is 25.1 Å². The average molecular weight is 260 g/mol. The van der Waals surface area contributed by atoms with Crippen LogP contribution in [0.1, 0.15) is 11.5 Å². The molecule has 0 N–H and O–H groups in total. The van der Waals surface area contributed by atoms with E-state index in [1.54, 1.807) is 32.2 Å². The molecular weight excluding hydrogens is 250 g/mol. The van der Waals surface area contributed by atoms with Crippen molar-refractivity contribution in [3.05, 3.63) is 40.8 Å². The third-order valence-corrected chi connectivity index (χ3v) is 2.72. The van der Waals surface area contributed by atoms with E-state index in [4.69, 9.17) is 21.6 Å². The Labute approximate surface area is 110 Å². The van der Waals surface area contributed by atoms with E-state index in [-0.39, 0.29) is 0 Å². The summed E-state index contributed by atoms with van der Waals surface area (Å²) in [7, 11) is 1.58. The highest BCUT2D eigenvalue weighted by Gasteiger charge is 2.09. The van der Waals surface area contributed by atoms with Crippen LogP contribution in [0.15, 0.2) is 24.3 Å². The molecule has 0 bridgehead atoms. The van der Waals surface area contributed by atoms with Crippen molar-refractivity contribution in [2.75, 3.05) is 7.11 Å². The van der Waals surface area contributed by atoms with Crippen molar-refractivity contribution >= 4 is 11.6 Å². The summed E-state index contributed by atoms with van der Waals surface area (Å²) in [5.41, 5.74) is 1.70. The van der Waals surface area contributed by atoms with Gasteiger partial charge in [-0.1, -0.05) is 11.6 Å². The van der Waals surface area contributed by atoms with Gasteiger partial charge in [0.25, 0.3) is 0 Å². The lowest BCUT2D eigenvalue weighted by molar-refractivity contribution is 0.415. The Hall–Kier alpha value is -2.12. The second kappa shape index (κ2) is 5.03. The Kier molecular flexibility index (Phi) is 3.45. The summed E-state index contributed by atoms with van der Waals surface area (Å²) in [5.74, 6) is 1.21. The van der Waals surface area contributed by atoms with Crippen molar-refractivity contribution in [1.82, 2.24) is 9.97 Å². The van der Waals surface area contributed by atoms with Gasteiger partial charge in [0.2, 0.25) is 0 Å². The monoisotopic (exact) mass is 259 g/mol. The summed E-state index contributed by atoms with van der Waals surface area (Å²) in [4.78, 5) is 8.28. The van der Waals surface area contributed by atoms with Crippen LogP contribution in [0, 0.1) is 18.3 Å². The number of benzene rings is 1. The first-order valence-electron chi connectivity index (χ1n) is 5.23. The average Bonchev–Trinajstić information content (AvgIpc) is 2.37. The molecular formula is C13H10ClN3O. The lowest BCUT2D eigenvalue weighted by Crippen LogP contribution is -1.95. The molecule has 0 aliphatic rings. The molecule has 4 nitrogen and oxygen atoms in total. The van der Waals surface area contributed by atoms with Crippen LogP contribution in [-0.4, -0.2) is 17.1 Å². The molecule has 18 heavy (non-hydrogen) atoms. The lowest BCUT2D eigenvalue weighted by Gasteiger charge is -2.07. The summed E-state index contributed by atoms with van der Waals surface area (Å²) in [6.07, 6.45) is 0. The van der Waals surface area contributed by atoms with E-state index >= 15 is 0 Å². The quantitative estimate of drug-likeness (QED) is 0.832. The maximum Gasteiger partial charge on any atom is 0.144 e. The largest absolute Gasteiger partial charge is 0.497 e. The fraction of sp³-hybridized carbons (Fsp3) is 0.154. The van der Waals surface area contributed by atoms with Crippen LogP contribution in [0.4, 0.5) is 0 Å². The van der Waals surface area contributed by atoms with Crippen LogP contribution in [0.2, 0.25) is 5.02 Å². The van der Waals surface area contributed by atoms with E-state index < -0.39 is 0 Å². The van der Waals surface area contributed by atoms with Crippen LogP contribution in [0.3, 0.4) is 0 Å². The van der Waals surface area contributed by atoms with Crippen molar-refractivity contribution in [2.45, 2.75) is 6.92 Å². The molecule has 0 saturated heterocycles. The molecule has 0 spiro atoms. The standard InChI is InChI=1S/C13H10ClN3O/c1-8-16-9(7-15)5-13(17-8)11-4-3-10(18-2)6-12(11)14/h3-6H,1-2H3. The normalized spacial score (nSPS) is 9.89. The number of hydrogen-bond donors (Lipinski definition) is 0. The maximum absolute atomic E-state index is 8.89. The van der Waals surface area contributed by atoms with E-state index in [2.05, 4.69) is 9.97 Å². The molecule has 0 unspecified atom stereocenters. The molecule has 2 rings (SSSR count). The van der Waals surface area contributed by atoms with Crippen LogP contribution in [0.25, 0.3) is 11.3 Å². The van der Waals surface area contributed by atoms with Gasteiger partial charge in [-0.2, -0.15) is 5.26 Å². The van der Waals surface area contributed by atoms with E-state index in [1.165, 1.54) is 0 Å². The Morgan fingerprint density at radius 1 is 1.28 bits per heavy atom. The van der Waals surface area contributed by atoms with Gasteiger partial charge in [0, 0.05) is 11.6 Å². The first kappa shape index (κ1) is 12.3. The Bertz CT molecular complexity index is 635. The minimum atomic E-state index is 0.324. The molecule has 0 radical (unpaired) electrons. The van der Waals surface area contributed by atoms with Gasteiger partial charge in [-0.25, -0.2) is 9.97 Å². The predicted molar refractivity (Wildman–Crippen MR) is 68.5 cm³/mol. The number of nitriles is 1. The minimum absolute atomic E-state index is 0.324. The molecule has 0 aliphatic carbocycles. The zero-order valence-electron chi connectivity index (χ0n) is 9.94. The number of aromatic nitrogens is 2. The van der Waals surface area contributed by atoms with E-state index in [0.717, 1.165) is 5.56 Å². The van der Waals surface area contributed by atoms with Gasteiger partial charge >= 0.3 is 0 Å². The van der Waals surface area contributed by atoms with Crippen molar-refractivity contribution in [3.8, 4) is 23.1 Å². The van der Waals surface area contributed by atoms with Gasteiger partial charge in [0.15, 0.2) is 0 Å². The Morgan fingerprint density at radius 2 is 2.06 bits per heavy atom. The Morgan fingerprint density at radius 3 is 2.67 bits per heavy atom. The van der Waals surface area contributed by atoms with Crippen LogP contribution < -0.4 is 4.74 Å².